The highest BCUT2D eigenvalue weighted by Crippen LogP contribution is 2.28. The minimum atomic E-state index is -0.674. The van der Waals surface area contributed by atoms with E-state index in [1.807, 2.05) is 0 Å². The summed E-state index contributed by atoms with van der Waals surface area (Å²) in [4.78, 5) is 23.9. The van der Waals surface area contributed by atoms with Gasteiger partial charge in [-0.3, -0.25) is 4.79 Å². The van der Waals surface area contributed by atoms with Crippen molar-refractivity contribution >= 4 is 34.4 Å². The molecular weight excluding hydrogens is 334 g/mol. The summed E-state index contributed by atoms with van der Waals surface area (Å²) in [5, 5.41) is 3.99. The zero-order chi connectivity index (χ0) is 17.1. The first kappa shape index (κ1) is 16.8. The Balaban J connectivity index is 1.56. The van der Waals surface area contributed by atoms with Crippen molar-refractivity contribution in [2.24, 2.45) is 0 Å². The standard InChI is InChI=1S/C17H18ClNO5/c1-10-13-7-11(18)4-5-14(13)24-16(10)17(21)23-9-15(20)19-8-12-3-2-6-22-12/h4-5,7,12H,2-3,6,8-9H2,1H3,(H,19,20)/t12-/m1/s1. The first-order valence-corrected chi connectivity index (χ1v) is 8.16. The number of aryl methyl sites for hydroxylation is 1. The van der Waals surface area contributed by atoms with Crippen LogP contribution in [0.1, 0.15) is 29.0 Å². The number of carbonyl (C=O) groups is 2. The molecular formula is C17H18ClNO5. The molecule has 1 aliphatic heterocycles. The molecule has 0 bridgehead atoms. The van der Waals surface area contributed by atoms with Crippen LogP contribution < -0.4 is 5.32 Å². The van der Waals surface area contributed by atoms with E-state index in [2.05, 4.69) is 5.32 Å². The number of nitrogens with one attached hydrogen (secondary N) is 1. The number of amides is 1. The lowest BCUT2D eigenvalue weighted by Crippen LogP contribution is -2.34. The molecule has 1 aromatic heterocycles. The van der Waals surface area contributed by atoms with Gasteiger partial charge in [-0.15, -0.1) is 0 Å². The van der Waals surface area contributed by atoms with Gasteiger partial charge in [0.15, 0.2) is 6.61 Å². The summed E-state index contributed by atoms with van der Waals surface area (Å²) >= 11 is 5.95. The third-order valence-corrected chi connectivity index (χ3v) is 4.20. The highest BCUT2D eigenvalue weighted by Gasteiger charge is 2.21. The van der Waals surface area contributed by atoms with Crippen LogP contribution in [0.2, 0.25) is 5.02 Å². The number of rotatable bonds is 5. The largest absolute Gasteiger partial charge is 0.450 e. The van der Waals surface area contributed by atoms with E-state index in [4.69, 9.17) is 25.5 Å². The molecule has 1 saturated heterocycles. The average Bonchev–Trinajstić information content (AvgIpc) is 3.19. The SMILES string of the molecule is Cc1c(C(=O)OCC(=O)NC[C@H]2CCCO2)oc2ccc(Cl)cc12. The third kappa shape index (κ3) is 3.71. The van der Waals surface area contributed by atoms with Crippen molar-refractivity contribution in [1.82, 2.24) is 5.32 Å². The topological polar surface area (TPSA) is 77.8 Å². The smallest absolute Gasteiger partial charge is 0.375 e. The molecule has 0 unspecified atom stereocenters. The molecule has 7 heteroatoms. The Hall–Kier alpha value is -2.05. The van der Waals surface area contributed by atoms with E-state index in [9.17, 15) is 9.59 Å². The van der Waals surface area contributed by atoms with Crippen LogP contribution in [0, 0.1) is 6.92 Å². The number of hydrogen-bond donors (Lipinski definition) is 1. The Bertz CT molecular complexity index is 764. The van der Waals surface area contributed by atoms with Gasteiger partial charge in [0.2, 0.25) is 5.76 Å². The van der Waals surface area contributed by atoms with Crippen molar-refractivity contribution in [2.75, 3.05) is 19.8 Å². The van der Waals surface area contributed by atoms with Gasteiger partial charge in [-0.1, -0.05) is 11.6 Å². The summed E-state index contributed by atoms with van der Waals surface area (Å²) in [6.07, 6.45) is 1.98. The number of furan rings is 1. The maximum Gasteiger partial charge on any atom is 0.375 e. The second-order valence-electron chi connectivity index (χ2n) is 5.71. The summed E-state index contributed by atoms with van der Waals surface area (Å²) in [6.45, 7) is 2.54. The van der Waals surface area contributed by atoms with Crippen molar-refractivity contribution in [3.8, 4) is 0 Å². The number of halogens is 1. The molecule has 24 heavy (non-hydrogen) atoms. The van der Waals surface area contributed by atoms with Gasteiger partial charge in [0.25, 0.3) is 5.91 Å². The van der Waals surface area contributed by atoms with Crippen LogP contribution in [-0.2, 0) is 14.3 Å². The second kappa shape index (κ2) is 7.23. The molecule has 1 aliphatic rings. The fourth-order valence-electron chi connectivity index (χ4n) is 2.67. The first-order chi connectivity index (χ1) is 11.5. The lowest BCUT2D eigenvalue weighted by molar-refractivity contribution is -0.124. The number of hydrogen-bond acceptors (Lipinski definition) is 5. The van der Waals surface area contributed by atoms with Crippen LogP contribution in [0.25, 0.3) is 11.0 Å². The normalized spacial score (nSPS) is 17.2. The summed E-state index contributed by atoms with van der Waals surface area (Å²) in [5.41, 5.74) is 1.18. The molecule has 0 aliphatic carbocycles. The lowest BCUT2D eigenvalue weighted by Gasteiger charge is -2.10. The van der Waals surface area contributed by atoms with E-state index in [0.717, 1.165) is 24.8 Å². The zero-order valence-corrected chi connectivity index (χ0v) is 14.0. The van der Waals surface area contributed by atoms with E-state index in [0.29, 0.717) is 22.7 Å². The summed E-state index contributed by atoms with van der Waals surface area (Å²) in [6, 6.07) is 5.09. The molecule has 1 N–H and O–H groups in total. The number of carbonyl (C=O) groups excluding carboxylic acids is 2. The van der Waals surface area contributed by atoms with E-state index in [1.54, 1.807) is 25.1 Å². The van der Waals surface area contributed by atoms with Gasteiger partial charge >= 0.3 is 5.97 Å². The van der Waals surface area contributed by atoms with Gasteiger partial charge in [0, 0.05) is 29.1 Å². The molecule has 128 valence electrons. The van der Waals surface area contributed by atoms with Crippen LogP contribution in [0.15, 0.2) is 22.6 Å². The Kier molecular flexibility index (Phi) is 5.06. The van der Waals surface area contributed by atoms with Crippen molar-refractivity contribution < 1.29 is 23.5 Å². The molecule has 1 fully saturated rings. The maximum atomic E-state index is 12.1. The van der Waals surface area contributed by atoms with Crippen LogP contribution in [-0.4, -0.2) is 37.7 Å². The van der Waals surface area contributed by atoms with Gasteiger partial charge in [0.05, 0.1) is 6.10 Å². The van der Waals surface area contributed by atoms with E-state index < -0.39 is 5.97 Å². The molecule has 3 rings (SSSR count). The Morgan fingerprint density at radius 1 is 1.42 bits per heavy atom. The second-order valence-corrected chi connectivity index (χ2v) is 6.15. The quantitative estimate of drug-likeness (QED) is 0.838. The lowest BCUT2D eigenvalue weighted by atomic mass is 10.1. The Morgan fingerprint density at radius 3 is 3.00 bits per heavy atom. The first-order valence-electron chi connectivity index (χ1n) is 7.78. The highest BCUT2D eigenvalue weighted by molar-refractivity contribution is 6.31. The Labute approximate surface area is 144 Å². The molecule has 1 amide bonds. The number of fused-ring (bicyclic) bond motifs is 1. The number of ether oxygens (including phenoxy) is 2. The molecule has 6 nitrogen and oxygen atoms in total. The zero-order valence-electron chi connectivity index (χ0n) is 13.3. The van der Waals surface area contributed by atoms with Crippen LogP contribution in [0.4, 0.5) is 0 Å². The Morgan fingerprint density at radius 2 is 2.25 bits per heavy atom. The van der Waals surface area contributed by atoms with Crippen molar-refractivity contribution in [3.05, 3.63) is 34.5 Å². The van der Waals surface area contributed by atoms with Crippen LogP contribution in [0.5, 0.6) is 0 Å². The average molecular weight is 352 g/mol. The van der Waals surface area contributed by atoms with Gasteiger partial charge in [-0.2, -0.15) is 0 Å². The molecule has 0 spiro atoms. The fraction of sp³-hybridized carbons (Fsp3) is 0.412. The van der Waals surface area contributed by atoms with Gasteiger partial charge in [-0.05, 0) is 38.0 Å². The van der Waals surface area contributed by atoms with E-state index in [-0.39, 0.29) is 24.4 Å². The number of esters is 1. The van der Waals surface area contributed by atoms with E-state index >= 15 is 0 Å². The monoisotopic (exact) mass is 351 g/mol. The maximum absolute atomic E-state index is 12.1. The van der Waals surface area contributed by atoms with Crippen molar-refractivity contribution in [3.63, 3.8) is 0 Å². The van der Waals surface area contributed by atoms with Gasteiger partial charge < -0.3 is 19.2 Å². The summed E-state index contributed by atoms with van der Waals surface area (Å²) < 4.78 is 15.9. The van der Waals surface area contributed by atoms with Crippen LogP contribution >= 0.6 is 11.6 Å². The predicted octanol–water partition coefficient (Wildman–Crippen LogP) is 2.85. The van der Waals surface area contributed by atoms with Gasteiger partial charge in [-0.25, -0.2) is 4.79 Å². The van der Waals surface area contributed by atoms with Crippen molar-refractivity contribution in [2.45, 2.75) is 25.9 Å². The van der Waals surface area contributed by atoms with Crippen LogP contribution in [0.3, 0.4) is 0 Å². The fourth-order valence-corrected chi connectivity index (χ4v) is 2.84. The minimum absolute atomic E-state index is 0.0482. The third-order valence-electron chi connectivity index (χ3n) is 3.97. The minimum Gasteiger partial charge on any atom is -0.450 e. The predicted molar refractivity (Wildman–Crippen MR) is 88.2 cm³/mol. The van der Waals surface area contributed by atoms with E-state index in [1.165, 1.54) is 0 Å². The molecule has 2 heterocycles. The summed E-state index contributed by atoms with van der Waals surface area (Å²) in [7, 11) is 0. The highest BCUT2D eigenvalue weighted by atomic mass is 35.5. The molecule has 2 aromatic rings. The molecule has 0 radical (unpaired) electrons. The molecule has 0 saturated carbocycles. The number of benzene rings is 1. The summed E-state index contributed by atoms with van der Waals surface area (Å²) in [5.74, 6) is -0.957. The van der Waals surface area contributed by atoms with Gasteiger partial charge in [0.1, 0.15) is 5.58 Å². The van der Waals surface area contributed by atoms with Crippen molar-refractivity contribution in [1.29, 1.82) is 0 Å². The molecule has 1 atom stereocenters. The molecule has 1 aromatic carbocycles.